The highest BCUT2D eigenvalue weighted by Gasteiger charge is 2.17. The number of hydrogen-bond acceptors (Lipinski definition) is 2. The molecule has 0 aliphatic rings. The maximum absolute atomic E-state index is 12.1. The smallest absolute Gasteiger partial charge is 0.270 e. The van der Waals surface area contributed by atoms with Crippen molar-refractivity contribution >= 4 is 11.6 Å². The summed E-state index contributed by atoms with van der Waals surface area (Å²) in [5.74, 6) is 0. The Morgan fingerprint density at radius 2 is 2.23 bits per heavy atom. The third-order valence-corrected chi connectivity index (χ3v) is 1.66. The first kappa shape index (κ1) is 9.68. The molecule has 1 N–H and O–H groups in total. The second-order valence-corrected chi connectivity index (χ2v) is 2.57. The van der Waals surface area contributed by atoms with Gasteiger partial charge in [0, 0.05) is 6.07 Å². The van der Waals surface area contributed by atoms with E-state index >= 15 is 0 Å². The van der Waals surface area contributed by atoms with Crippen LogP contribution >= 0.6 is 11.6 Å². The molecule has 1 rings (SSSR count). The summed E-state index contributed by atoms with van der Waals surface area (Å²) in [4.78, 5) is 13.1. The molecule has 1 aromatic heterocycles. The van der Waals surface area contributed by atoms with E-state index in [9.17, 15) is 13.6 Å². The van der Waals surface area contributed by atoms with Crippen molar-refractivity contribution < 1.29 is 8.78 Å². The fraction of sp³-hybridized carbons (Fsp3) is 0.143. The Balaban J connectivity index is 3.43. The van der Waals surface area contributed by atoms with Gasteiger partial charge in [-0.1, -0.05) is 11.6 Å². The zero-order chi connectivity index (χ0) is 10.0. The van der Waals surface area contributed by atoms with Gasteiger partial charge >= 0.3 is 0 Å². The van der Waals surface area contributed by atoms with E-state index < -0.39 is 22.6 Å². The fourth-order valence-corrected chi connectivity index (χ4v) is 1.08. The highest BCUT2D eigenvalue weighted by atomic mass is 35.5. The Kier molecular flexibility index (Phi) is 2.63. The van der Waals surface area contributed by atoms with Gasteiger partial charge in [-0.3, -0.25) is 4.79 Å². The average Bonchev–Trinajstić information content (AvgIpc) is 2.02. The van der Waals surface area contributed by atoms with Crippen LogP contribution in [-0.2, 0) is 0 Å². The number of aromatic amines is 1. The number of halogens is 3. The summed E-state index contributed by atoms with van der Waals surface area (Å²) in [5.41, 5.74) is -1.88. The van der Waals surface area contributed by atoms with Gasteiger partial charge in [0.05, 0.1) is 0 Å². The number of nitrogens with one attached hydrogen (secondary N) is 1. The van der Waals surface area contributed by atoms with Crippen molar-refractivity contribution in [1.29, 1.82) is 5.26 Å². The molecule has 0 aliphatic carbocycles. The van der Waals surface area contributed by atoms with Crippen LogP contribution < -0.4 is 5.43 Å². The molecule has 0 amide bonds. The van der Waals surface area contributed by atoms with E-state index in [1.165, 1.54) is 0 Å². The summed E-state index contributed by atoms with van der Waals surface area (Å²) in [5, 5.41) is 7.86. The molecule has 0 atom stereocenters. The summed E-state index contributed by atoms with van der Waals surface area (Å²) in [6.07, 6.45) is -2.94. The maximum Gasteiger partial charge on any atom is 0.270 e. The third kappa shape index (κ3) is 1.84. The van der Waals surface area contributed by atoms with Crippen LogP contribution in [0.1, 0.15) is 17.7 Å². The van der Waals surface area contributed by atoms with E-state index in [0.717, 1.165) is 6.07 Å². The molecule has 0 unspecified atom stereocenters. The molecule has 1 aromatic rings. The molecule has 0 saturated carbocycles. The van der Waals surface area contributed by atoms with Gasteiger partial charge in [0.1, 0.15) is 22.5 Å². The summed E-state index contributed by atoms with van der Waals surface area (Å²) < 4.78 is 24.3. The van der Waals surface area contributed by atoms with Gasteiger partial charge in [-0.15, -0.1) is 0 Å². The van der Waals surface area contributed by atoms with Crippen LogP contribution in [0.2, 0.25) is 5.15 Å². The molecule has 0 bridgehead atoms. The lowest BCUT2D eigenvalue weighted by atomic mass is 10.2. The van der Waals surface area contributed by atoms with Gasteiger partial charge in [0.25, 0.3) is 6.43 Å². The van der Waals surface area contributed by atoms with Gasteiger partial charge in [-0.05, 0) is 0 Å². The van der Waals surface area contributed by atoms with Crippen LogP contribution in [0.5, 0.6) is 0 Å². The van der Waals surface area contributed by atoms with E-state index in [4.69, 9.17) is 16.9 Å². The Labute approximate surface area is 76.6 Å². The van der Waals surface area contributed by atoms with E-state index in [1.54, 1.807) is 6.07 Å². The van der Waals surface area contributed by atoms with Crippen LogP contribution in [0, 0.1) is 11.3 Å². The van der Waals surface area contributed by atoms with Crippen LogP contribution in [0.4, 0.5) is 8.78 Å². The van der Waals surface area contributed by atoms with E-state index in [0.29, 0.717) is 0 Å². The van der Waals surface area contributed by atoms with Crippen LogP contribution in [0.3, 0.4) is 0 Å². The van der Waals surface area contributed by atoms with Crippen LogP contribution in [0.25, 0.3) is 0 Å². The van der Waals surface area contributed by atoms with Gasteiger partial charge in [0.2, 0.25) is 0 Å². The monoisotopic (exact) mass is 204 g/mol. The molecule has 0 spiro atoms. The number of nitrogens with zero attached hydrogens (tertiary/aromatic N) is 1. The lowest BCUT2D eigenvalue weighted by molar-refractivity contribution is 0.150. The lowest BCUT2D eigenvalue weighted by Crippen LogP contribution is -2.11. The van der Waals surface area contributed by atoms with E-state index in [-0.39, 0.29) is 5.69 Å². The van der Waals surface area contributed by atoms with Crippen molar-refractivity contribution in [2.45, 2.75) is 6.43 Å². The van der Waals surface area contributed by atoms with E-state index in [1.807, 2.05) is 0 Å². The average molecular weight is 205 g/mol. The third-order valence-electron chi connectivity index (χ3n) is 1.36. The van der Waals surface area contributed by atoms with Crippen molar-refractivity contribution in [2.24, 2.45) is 0 Å². The minimum atomic E-state index is -2.94. The predicted molar refractivity (Wildman–Crippen MR) is 41.7 cm³/mol. The topological polar surface area (TPSA) is 56.6 Å². The maximum atomic E-state index is 12.1. The molecule has 13 heavy (non-hydrogen) atoms. The first-order valence-corrected chi connectivity index (χ1v) is 3.55. The first-order valence-electron chi connectivity index (χ1n) is 3.17. The molecule has 3 nitrogen and oxygen atoms in total. The van der Waals surface area contributed by atoms with E-state index in [2.05, 4.69) is 4.98 Å². The van der Waals surface area contributed by atoms with Crippen molar-refractivity contribution in [3.05, 3.63) is 32.7 Å². The second-order valence-electron chi connectivity index (χ2n) is 2.19. The van der Waals surface area contributed by atoms with Gasteiger partial charge in [-0.25, -0.2) is 8.78 Å². The number of H-pyrrole nitrogens is 1. The minimum Gasteiger partial charge on any atom is -0.337 e. The Morgan fingerprint density at radius 1 is 1.62 bits per heavy atom. The SMILES string of the molecule is N#Cc1cc(=O)c(C(F)F)c(Cl)[nH]1. The summed E-state index contributed by atoms with van der Waals surface area (Å²) >= 11 is 5.32. The molecule has 0 aliphatic heterocycles. The van der Waals surface area contributed by atoms with Gasteiger partial charge in [0.15, 0.2) is 5.43 Å². The standard InChI is InChI=1S/C7H3ClF2N2O/c8-6-5(7(9)10)4(13)1-3(2-11)12-6/h1,7H,(H,12,13). The highest BCUT2D eigenvalue weighted by Crippen LogP contribution is 2.21. The minimum absolute atomic E-state index is 0.139. The zero-order valence-corrected chi connectivity index (χ0v) is 6.90. The van der Waals surface area contributed by atoms with Gasteiger partial charge < -0.3 is 4.98 Å². The summed E-state index contributed by atoms with van der Waals surface area (Å²) in [6, 6.07) is 2.37. The molecule has 0 fully saturated rings. The van der Waals surface area contributed by atoms with Crippen molar-refractivity contribution in [3.63, 3.8) is 0 Å². The molecule has 0 saturated heterocycles. The van der Waals surface area contributed by atoms with Crippen molar-refractivity contribution in [1.82, 2.24) is 4.98 Å². The highest BCUT2D eigenvalue weighted by molar-refractivity contribution is 6.30. The molecule has 1 heterocycles. The molecule has 0 aromatic carbocycles. The number of pyridine rings is 1. The largest absolute Gasteiger partial charge is 0.337 e. The van der Waals surface area contributed by atoms with Crippen molar-refractivity contribution in [3.8, 4) is 6.07 Å². The molecule has 6 heteroatoms. The molecular formula is C7H3ClF2N2O. The first-order chi connectivity index (χ1) is 6.06. The lowest BCUT2D eigenvalue weighted by Gasteiger charge is -2.01. The fourth-order valence-electron chi connectivity index (χ4n) is 0.802. The number of nitriles is 1. The Bertz CT molecular complexity index is 421. The Hall–Kier alpha value is -1.41. The quantitative estimate of drug-likeness (QED) is 0.710. The number of alkyl halides is 2. The Morgan fingerprint density at radius 3 is 2.62 bits per heavy atom. The summed E-state index contributed by atoms with van der Waals surface area (Å²) in [6.45, 7) is 0. The van der Waals surface area contributed by atoms with Crippen LogP contribution in [-0.4, -0.2) is 4.98 Å². The van der Waals surface area contributed by atoms with Crippen molar-refractivity contribution in [2.75, 3.05) is 0 Å². The van der Waals surface area contributed by atoms with Gasteiger partial charge in [-0.2, -0.15) is 5.26 Å². The number of rotatable bonds is 1. The number of aromatic nitrogens is 1. The number of hydrogen-bond donors (Lipinski definition) is 1. The molecular weight excluding hydrogens is 202 g/mol. The zero-order valence-electron chi connectivity index (χ0n) is 6.14. The van der Waals surface area contributed by atoms with Crippen LogP contribution in [0.15, 0.2) is 10.9 Å². The second kappa shape index (κ2) is 3.54. The normalized spacial score (nSPS) is 10.1. The molecule has 68 valence electrons. The predicted octanol–water partition coefficient (Wildman–Crippen LogP) is 1.84. The summed E-state index contributed by atoms with van der Waals surface area (Å²) in [7, 11) is 0. The molecule has 0 radical (unpaired) electrons.